The van der Waals surface area contributed by atoms with Crippen LogP contribution in [-0.2, 0) is 16.6 Å². The molecule has 0 aliphatic carbocycles. The summed E-state index contributed by atoms with van der Waals surface area (Å²) in [6.45, 7) is 2.97. The van der Waals surface area contributed by atoms with E-state index in [4.69, 9.17) is 5.73 Å². The van der Waals surface area contributed by atoms with Gasteiger partial charge in [-0.1, -0.05) is 19.1 Å². The molecule has 0 fully saturated rings. The minimum Gasteiger partial charge on any atom is -0.330 e. The zero-order chi connectivity index (χ0) is 14.5. The Bertz CT molecular complexity index is 485. The molecule has 0 atom stereocenters. The quantitative estimate of drug-likeness (QED) is 0.819. The molecule has 1 aromatic carbocycles. The second kappa shape index (κ2) is 6.88. The van der Waals surface area contributed by atoms with E-state index in [9.17, 15) is 8.42 Å². The van der Waals surface area contributed by atoms with Gasteiger partial charge in [0.15, 0.2) is 0 Å². The molecule has 5 nitrogen and oxygen atoms in total. The highest BCUT2D eigenvalue weighted by atomic mass is 32.2. The maximum atomic E-state index is 12.3. The van der Waals surface area contributed by atoms with Crippen molar-refractivity contribution in [3.8, 4) is 0 Å². The molecule has 1 aromatic rings. The van der Waals surface area contributed by atoms with Crippen LogP contribution in [0.2, 0.25) is 0 Å². The highest BCUT2D eigenvalue weighted by Gasteiger charge is 2.23. The van der Waals surface area contributed by atoms with Gasteiger partial charge in [0.05, 0.1) is 5.69 Å². The summed E-state index contributed by atoms with van der Waals surface area (Å²) in [4.78, 5) is 0. The van der Waals surface area contributed by atoms with Crippen molar-refractivity contribution in [2.45, 2.75) is 19.8 Å². The Morgan fingerprint density at radius 1 is 1.16 bits per heavy atom. The van der Waals surface area contributed by atoms with Gasteiger partial charge in [-0.2, -0.15) is 12.7 Å². The summed E-state index contributed by atoms with van der Waals surface area (Å²) in [7, 11) is -0.337. The fraction of sp³-hybridized carbons (Fsp3) is 0.538. The molecule has 19 heavy (non-hydrogen) atoms. The standard InChI is InChI=1S/C13H23N3O2S/c1-4-12-6-8-13(9-7-12)16(3)19(17,18)15(2)11-5-10-14/h6-9H,4-5,10-11,14H2,1-3H3. The summed E-state index contributed by atoms with van der Waals surface area (Å²) < 4.78 is 27.2. The third-order valence-corrected chi connectivity index (χ3v) is 5.00. The Hall–Kier alpha value is -1.11. The predicted molar refractivity (Wildman–Crippen MR) is 79.4 cm³/mol. The maximum absolute atomic E-state index is 12.3. The smallest absolute Gasteiger partial charge is 0.303 e. The van der Waals surface area contributed by atoms with Gasteiger partial charge in [0.1, 0.15) is 0 Å². The number of aryl methyl sites for hydroxylation is 1. The largest absolute Gasteiger partial charge is 0.330 e. The molecule has 108 valence electrons. The van der Waals surface area contributed by atoms with E-state index in [1.165, 1.54) is 14.2 Å². The lowest BCUT2D eigenvalue weighted by molar-refractivity contribution is 0.462. The van der Waals surface area contributed by atoms with Gasteiger partial charge in [0, 0.05) is 20.6 Å². The van der Waals surface area contributed by atoms with E-state index >= 15 is 0 Å². The van der Waals surface area contributed by atoms with Crippen molar-refractivity contribution >= 4 is 15.9 Å². The van der Waals surface area contributed by atoms with Crippen molar-refractivity contribution < 1.29 is 8.42 Å². The van der Waals surface area contributed by atoms with E-state index < -0.39 is 10.2 Å². The summed E-state index contributed by atoms with van der Waals surface area (Å²) in [5.74, 6) is 0. The number of nitrogens with zero attached hydrogens (tertiary/aromatic N) is 2. The second-order valence-electron chi connectivity index (χ2n) is 4.46. The van der Waals surface area contributed by atoms with E-state index in [0.717, 1.165) is 6.42 Å². The molecule has 0 aliphatic heterocycles. The van der Waals surface area contributed by atoms with E-state index in [0.29, 0.717) is 25.2 Å². The average Bonchev–Trinajstić information content (AvgIpc) is 2.43. The molecule has 0 aromatic heterocycles. The molecule has 0 aliphatic rings. The first-order chi connectivity index (χ1) is 8.93. The maximum Gasteiger partial charge on any atom is 0.303 e. The van der Waals surface area contributed by atoms with E-state index in [1.54, 1.807) is 14.1 Å². The van der Waals surface area contributed by atoms with E-state index in [1.807, 2.05) is 24.3 Å². The molecule has 1 rings (SSSR count). The van der Waals surface area contributed by atoms with Crippen molar-refractivity contribution in [1.29, 1.82) is 0 Å². The number of hydrogen-bond donors (Lipinski definition) is 1. The van der Waals surface area contributed by atoms with Crippen LogP contribution in [0, 0.1) is 0 Å². The van der Waals surface area contributed by atoms with Crippen LogP contribution in [0.1, 0.15) is 18.9 Å². The number of nitrogens with two attached hydrogens (primary N) is 1. The lowest BCUT2D eigenvalue weighted by Gasteiger charge is -2.25. The summed E-state index contributed by atoms with van der Waals surface area (Å²) in [5, 5.41) is 0. The lowest BCUT2D eigenvalue weighted by Crippen LogP contribution is -2.40. The molecular weight excluding hydrogens is 262 g/mol. The summed E-state index contributed by atoms with van der Waals surface area (Å²) in [5.41, 5.74) is 7.25. The molecule has 0 unspecified atom stereocenters. The van der Waals surface area contributed by atoms with Crippen LogP contribution >= 0.6 is 0 Å². The van der Waals surface area contributed by atoms with Gasteiger partial charge >= 0.3 is 10.2 Å². The average molecular weight is 285 g/mol. The Kier molecular flexibility index (Phi) is 5.78. The van der Waals surface area contributed by atoms with Crippen LogP contribution in [0.3, 0.4) is 0 Å². The fourth-order valence-corrected chi connectivity index (χ4v) is 2.88. The molecular formula is C13H23N3O2S. The van der Waals surface area contributed by atoms with Gasteiger partial charge in [-0.25, -0.2) is 0 Å². The van der Waals surface area contributed by atoms with Crippen molar-refractivity contribution in [2.75, 3.05) is 31.5 Å². The van der Waals surface area contributed by atoms with Gasteiger partial charge in [-0.3, -0.25) is 4.31 Å². The van der Waals surface area contributed by atoms with Gasteiger partial charge in [0.25, 0.3) is 0 Å². The van der Waals surface area contributed by atoms with Gasteiger partial charge in [-0.05, 0) is 37.1 Å². The Morgan fingerprint density at radius 2 is 1.74 bits per heavy atom. The minimum atomic E-state index is -3.47. The molecule has 6 heteroatoms. The third-order valence-electron chi connectivity index (χ3n) is 3.13. The molecule has 0 spiro atoms. The second-order valence-corrected chi connectivity index (χ2v) is 6.53. The van der Waals surface area contributed by atoms with Gasteiger partial charge in [-0.15, -0.1) is 0 Å². The minimum absolute atomic E-state index is 0.427. The molecule has 0 heterocycles. The zero-order valence-electron chi connectivity index (χ0n) is 11.8. The first-order valence-corrected chi connectivity index (χ1v) is 7.82. The monoisotopic (exact) mass is 285 g/mol. The Labute approximate surface area is 116 Å². The Morgan fingerprint density at radius 3 is 2.21 bits per heavy atom. The van der Waals surface area contributed by atoms with Crippen molar-refractivity contribution in [3.63, 3.8) is 0 Å². The first kappa shape index (κ1) is 15.9. The molecule has 0 saturated heterocycles. The summed E-state index contributed by atoms with van der Waals surface area (Å²) >= 11 is 0. The van der Waals surface area contributed by atoms with Crippen LogP contribution in [0.15, 0.2) is 24.3 Å². The molecule has 0 amide bonds. The fourth-order valence-electron chi connectivity index (χ4n) is 1.71. The van der Waals surface area contributed by atoms with E-state index in [-0.39, 0.29) is 0 Å². The van der Waals surface area contributed by atoms with Crippen molar-refractivity contribution in [2.24, 2.45) is 5.73 Å². The number of anilines is 1. The van der Waals surface area contributed by atoms with Crippen LogP contribution in [0.5, 0.6) is 0 Å². The topological polar surface area (TPSA) is 66.6 Å². The molecule has 0 saturated carbocycles. The zero-order valence-corrected chi connectivity index (χ0v) is 12.7. The molecule has 0 radical (unpaired) electrons. The van der Waals surface area contributed by atoms with Crippen LogP contribution < -0.4 is 10.0 Å². The van der Waals surface area contributed by atoms with Crippen LogP contribution in [0.4, 0.5) is 5.69 Å². The van der Waals surface area contributed by atoms with Crippen molar-refractivity contribution in [1.82, 2.24) is 4.31 Å². The van der Waals surface area contributed by atoms with Crippen LogP contribution in [-0.4, -0.2) is 39.9 Å². The van der Waals surface area contributed by atoms with E-state index in [2.05, 4.69) is 6.92 Å². The third kappa shape index (κ3) is 3.92. The van der Waals surface area contributed by atoms with Gasteiger partial charge in [0.2, 0.25) is 0 Å². The normalized spacial score (nSPS) is 11.8. The van der Waals surface area contributed by atoms with Gasteiger partial charge < -0.3 is 5.73 Å². The summed E-state index contributed by atoms with van der Waals surface area (Å²) in [6.07, 6.45) is 1.59. The number of rotatable bonds is 7. The molecule has 2 N–H and O–H groups in total. The number of benzene rings is 1. The highest BCUT2D eigenvalue weighted by Crippen LogP contribution is 2.18. The van der Waals surface area contributed by atoms with Crippen LogP contribution in [0.25, 0.3) is 0 Å². The predicted octanol–water partition coefficient (Wildman–Crippen LogP) is 1.21. The van der Waals surface area contributed by atoms with Crippen molar-refractivity contribution in [3.05, 3.63) is 29.8 Å². The SMILES string of the molecule is CCc1ccc(N(C)S(=O)(=O)N(C)CCCN)cc1. The summed E-state index contributed by atoms with van der Waals surface area (Å²) in [6, 6.07) is 7.54. The Balaban J connectivity index is 2.87. The highest BCUT2D eigenvalue weighted by molar-refractivity contribution is 7.90. The molecule has 0 bridgehead atoms. The lowest BCUT2D eigenvalue weighted by atomic mass is 10.1. The first-order valence-electron chi connectivity index (χ1n) is 6.42. The number of hydrogen-bond acceptors (Lipinski definition) is 3.